The summed E-state index contributed by atoms with van der Waals surface area (Å²) in [6.07, 6.45) is -3.10. The fourth-order valence-electron chi connectivity index (χ4n) is 6.70. The van der Waals surface area contributed by atoms with E-state index in [0.29, 0.717) is 15.6 Å². The molecule has 0 heterocycles. The van der Waals surface area contributed by atoms with Crippen LogP contribution in [0.2, 0.25) is 0 Å². The van der Waals surface area contributed by atoms with Gasteiger partial charge in [0.15, 0.2) is 0 Å². The lowest BCUT2D eigenvalue weighted by molar-refractivity contribution is -0.143. The second kappa shape index (κ2) is 29.2. The number of halogens is 1. The zero-order chi connectivity index (χ0) is 52.8. The second-order valence-electron chi connectivity index (χ2n) is 17.3. The average Bonchev–Trinajstić information content (AvgIpc) is 3.27. The Hall–Kier alpha value is -6.95. The molecule has 0 radical (unpaired) electrons. The Kier molecular flexibility index (Phi) is 24.7. The third-order valence-electron chi connectivity index (χ3n) is 10.5. The molecule has 2 aromatic rings. The number of carbonyl (C=O) groups excluding carboxylic acids is 7. The van der Waals surface area contributed by atoms with Gasteiger partial charge < -0.3 is 63.4 Å². The number of hydrogen-bond donors (Lipinski definition) is 12. The molecule has 0 aliphatic rings. The summed E-state index contributed by atoms with van der Waals surface area (Å²) < 4.78 is 0.674. The number of amides is 7. The van der Waals surface area contributed by atoms with Crippen LogP contribution in [0, 0.1) is 11.8 Å². The minimum Gasteiger partial charge on any atom is -0.481 e. The Morgan fingerprint density at radius 2 is 0.971 bits per heavy atom. The van der Waals surface area contributed by atoms with Gasteiger partial charge in [0.25, 0.3) is 0 Å². The molecular weight excluding hydrogens is 984 g/mol. The number of carbonyl (C=O) groups is 11. The number of hydrogen-bond acceptors (Lipinski definition) is 12. The van der Waals surface area contributed by atoms with Crippen LogP contribution in [0.25, 0.3) is 0 Å². The van der Waals surface area contributed by atoms with Crippen molar-refractivity contribution in [3.8, 4) is 0 Å². The predicted molar refractivity (Wildman–Crippen MR) is 253 cm³/mol. The zero-order valence-electron chi connectivity index (χ0n) is 39.4. The van der Waals surface area contributed by atoms with E-state index in [-0.39, 0.29) is 31.6 Å². The van der Waals surface area contributed by atoms with Crippen LogP contribution in [0.3, 0.4) is 0 Å². The van der Waals surface area contributed by atoms with Crippen molar-refractivity contribution in [2.24, 2.45) is 17.6 Å². The van der Waals surface area contributed by atoms with E-state index in [4.69, 9.17) is 10.8 Å². The molecule has 0 saturated heterocycles. The molecule has 384 valence electrons. The highest BCUT2D eigenvalue weighted by Gasteiger charge is 2.35. The summed E-state index contributed by atoms with van der Waals surface area (Å²) in [6.45, 7) is 7.89. The first-order chi connectivity index (χ1) is 32.8. The normalized spacial score (nSPS) is 14.5. The molecule has 0 saturated carbocycles. The molecule has 13 N–H and O–H groups in total. The van der Waals surface area contributed by atoms with Gasteiger partial charge in [0.05, 0.1) is 12.5 Å². The Bertz CT molecular complexity index is 2180. The topological polar surface area (TPSA) is 379 Å². The van der Waals surface area contributed by atoms with Crippen molar-refractivity contribution in [2.75, 3.05) is 0 Å². The molecule has 0 aliphatic carbocycles. The van der Waals surface area contributed by atoms with Gasteiger partial charge in [-0.15, -0.1) is 0 Å². The Balaban J connectivity index is 2.36. The van der Waals surface area contributed by atoms with Gasteiger partial charge in [0.1, 0.15) is 42.3 Å². The first-order valence-electron chi connectivity index (χ1n) is 22.3. The van der Waals surface area contributed by atoms with Crippen LogP contribution in [0.4, 0.5) is 0 Å². The number of carboxylic acid groups (broad SMARTS) is 4. The fourth-order valence-corrected chi connectivity index (χ4v) is 6.96. The minimum atomic E-state index is -1.88. The number of rotatable bonds is 30. The molecule has 0 bridgehead atoms. The third-order valence-corrected chi connectivity index (χ3v) is 11.0. The van der Waals surface area contributed by atoms with Gasteiger partial charge in [0.2, 0.25) is 41.4 Å². The summed E-state index contributed by atoms with van der Waals surface area (Å²) in [5.74, 6) is -13.1. The van der Waals surface area contributed by atoms with Crippen molar-refractivity contribution < 1.29 is 73.2 Å². The van der Waals surface area contributed by atoms with Crippen LogP contribution in [-0.4, -0.2) is 134 Å². The van der Waals surface area contributed by atoms with Crippen LogP contribution in [0.15, 0.2) is 59.1 Å². The highest BCUT2D eigenvalue weighted by atomic mass is 79.9. The third kappa shape index (κ3) is 21.6. The molecule has 24 heteroatoms. The van der Waals surface area contributed by atoms with Gasteiger partial charge in [-0.05, 0) is 61.3 Å². The maximum absolute atomic E-state index is 14.1. The van der Waals surface area contributed by atoms with Crippen molar-refractivity contribution >= 4 is 81.2 Å². The molecule has 8 atom stereocenters. The Morgan fingerprint density at radius 1 is 0.500 bits per heavy atom. The summed E-state index contributed by atoms with van der Waals surface area (Å²) in [6, 6.07) is 2.99. The summed E-state index contributed by atoms with van der Waals surface area (Å²) >= 11 is 3.32. The van der Waals surface area contributed by atoms with Gasteiger partial charge in [-0.3, -0.25) is 47.9 Å². The summed E-state index contributed by atoms with van der Waals surface area (Å²) in [5.41, 5.74) is 6.91. The van der Waals surface area contributed by atoms with E-state index >= 15 is 0 Å². The Morgan fingerprint density at radius 3 is 1.51 bits per heavy atom. The molecule has 2 rings (SSSR count). The van der Waals surface area contributed by atoms with Crippen LogP contribution in [-0.2, 0) is 65.6 Å². The molecule has 70 heavy (non-hydrogen) atoms. The van der Waals surface area contributed by atoms with E-state index < -0.39 is 145 Å². The molecule has 0 unspecified atom stereocenters. The van der Waals surface area contributed by atoms with Gasteiger partial charge in [-0.1, -0.05) is 86.1 Å². The van der Waals surface area contributed by atoms with E-state index in [1.54, 1.807) is 82.3 Å². The molecule has 0 aromatic heterocycles. The molecule has 2 aromatic carbocycles. The first-order valence-corrected chi connectivity index (χ1v) is 23.1. The van der Waals surface area contributed by atoms with Gasteiger partial charge >= 0.3 is 23.9 Å². The molecular formula is C46H63BrN8O15. The van der Waals surface area contributed by atoms with Crippen molar-refractivity contribution in [1.29, 1.82) is 0 Å². The largest absolute Gasteiger partial charge is 0.481 e. The maximum atomic E-state index is 14.1. The monoisotopic (exact) mass is 1050 g/mol. The van der Waals surface area contributed by atoms with Crippen LogP contribution in [0.5, 0.6) is 0 Å². The lowest BCUT2D eigenvalue weighted by Gasteiger charge is -2.28. The van der Waals surface area contributed by atoms with Gasteiger partial charge in [-0.25, -0.2) is 4.79 Å². The SMILES string of the molecule is CC(C)C[C@H](NC(=O)[C@@H](NC(=O)[C@@H](N)CCC(=O)O)C(C)C)C(=O)N[C@@H](Cc1ccc(Br)cc1)C(=O)N[C@@H](CC(=O)O)C(=O)N[C@@H](C)C(=O)N[C@@H](CCC(=O)O)C(=O)N[C@@H](Cc1ccccc1)C(=O)O. The standard InChI is InChI=1S/C46H63BrN8O15/c1-23(2)19-31(53-45(68)38(24(3)4)55-40(63)29(48)15-17-35(56)57)43(66)51-32(20-27-11-13-28(47)14-12-27)44(67)52-33(22-37(60)61)42(65)49-25(5)39(62)50-30(16-18-36(58)59)41(64)54-34(46(69)70)21-26-9-7-6-8-10-26/h6-14,23-25,29-34,38H,15-22,48H2,1-5H3,(H,49,65)(H,50,62)(H,51,66)(H,52,67)(H,53,68)(H,54,64)(H,55,63)(H,56,57)(H,58,59)(H,60,61)(H,69,70)/t25-,29-,30-,31-,32-,33-,34-,38-/m0/s1. The van der Waals surface area contributed by atoms with E-state index in [1.165, 1.54) is 0 Å². The number of aliphatic carboxylic acids is 4. The van der Waals surface area contributed by atoms with Crippen molar-refractivity contribution in [3.05, 3.63) is 70.2 Å². The molecule has 0 aliphatic heterocycles. The Labute approximate surface area is 412 Å². The number of benzene rings is 2. The molecule has 23 nitrogen and oxygen atoms in total. The van der Waals surface area contributed by atoms with E-state index in [9.17, 15) is 68.1 Å². The number of carboxylic acids is 4. The van der Waals surface area contributed by atoms with Crippen LogP contribution < -0.4 is 43.0 Å². The quantitative estimate of drug-likeness (QED) is 0.0489. The predicted octanol–water partition coefficient (Wildman–Crippen LogP) is -0.0339. The average molecular weight is 1050 g/mol. The molecule has 0 spiro atoms. The molecule has 7 amide bonds. The minimum absolute atomic E-state index is 0.0255. The number of nitrogens with one attached hydrogen (secondary N) is 7. The number of nitrogens with two attached hydrogens (primary N) is 1. The summed E-state index contributed by atoms with van der Waals surface area (Å²) in [5, 5.41) is 54.7. The summed E-state index contributed by atoms with van der Waals surface area (Å²) in [7, 11) is 0. The van der Waals surface area contributed by atoms with E-state index in [0.717, 1.165) is 6.92 Å². The lowest BCUT2D eigenvalue weighted by atomic mass is 9.98. The van der Waals surface area contributed by atoms with E-state index in [1.807, 2.05) is 0 Å². The summed E-state index contributed by atoms with van der Waals surface area (Å²) in [4.78, 5) is 142. The van der Waals surface area contributed by atoms with Crippen molar-refractivity contribution in [1.82, 2.24) is 37.2 Å². The van der Waals surface area contributed by atoms with E-state index in [2.05, 4.69) is 53.1 Å². The van der Waals surface area contributed by atoms with Crippen molar-refractivity contribution in [3.63, 3.8) is 0 Å². The second-order valence-corrected chi connectivity index (χ2v) is 18.2. The first kappa shape index (κ1) is 59.2. The van der Waals surface area contributed by atoms with Gasteiger partial charge in [-0.2, -0.15) is 0 Å². The zero-order valence-corrected chi connectivity index (χ0v) is 40.9. The van der Waals surface area contributed by atoms with Crippen LogP contribution in [0.1, 0.15) is 84.3 Å². The maximum Gasteiger partial charge on any atom is 0.326 e. The fraction of sp³-hybridized carbons (Fsp3) is 0.500. The highest BCUT2D eigenvalue weighted by molar-refractivity contribution is 9.10. The van der Waals surface area contributed by atoms with Crippen LogP contribution >= 0.6 is 15.9 Å². The molecule has 0 fully saturated rings. The smallest absolute Gasteiger partial charge is 0.326 e. The van der Waals surface area contributed by atoms with Crippen molar-refractivity contribution in [2.45, 2.75) is 134 Å². The van der Waals surface area contributed by atoms with Gasteiger partial charge in [0, 0.05) is 30.2 Å². The lowest BCUT2D eigenvalue weighted by Crippen LogP contribution is -2.61. The highest BCUT2D eigenvalue weighted by Crippen LogP contribution is 2.15.